The predicted molar refractivity (Wildman–Crippen MR) is 69.5 cm³/mol. The quantitative estimate of drug-likeness (QED) is 0.842. The third-order valence-electron chi connectivity index (χ3n) is 3.97. The molecule has 1 saturated carbocycles. The highest BCUT2D eigenvalue weighted by Crippen LogP contribution is 2.38. The van der Waals surface area contributed by atoms with Crippen molar-refractivity contribution >= 4 is 0 Å². The molecule has 2 heteroatoms. The maximum atomic E-state index is 9.86. The van der Waals surface area contributed by atoms with Crippen molar-refractivity contribution in [1.82, 2.24) is 0 Å². The summed E-state index contributed by atoms with van der Waals surface area (Å²) in [6.45, 7) is 2.18. The largest absolute Gasteiger partial charge is 0.508 e. The summed E-state index contributed by atoms with van der Waals surface area (Å²) >= 11 is 0. The molecule has 0 spiro atoms. The first kappa shape index (κ1) is 12.4. The van der Waals surface area contributed by atoms with E-state index in [1.165, 1.54) is 43.2 Å². The van der Waals surface area contributed by atoms with Gasteiger partial charge in [-0.25, -0.2) is 0 Å². The Balaban J connectivity index is 2.36. The lowest BCUT2D eigenvalue weighted by molar-refractivity contribution is 0.298. The fraction of sp³-hybridized carbons (Fsp3) is 0.600. The van der Waals surface area contributed by atoms with Gasteiger partial charge in [-0.1, -0.05) is 25.3 Å². The number of phenols is 1. The lowest BCUT2D eigenvalue weighted by Crippen LogP contribution is -2.10. The second kappa shape index (κ2) is 5.54. The molecule has 17 heavy (non-hydrogen) atoms. The van der Waals surface area contributed by atoms with Gasteiger partial charge in [0, 0.05) is 6.61 Å². The third kappa shape index (κ3) is 2.63. The van der Waals surface area contributed by atoms with Crippen LogP contribution in [0.1, 0.15) is 54.7 Å². The normalized spacial score (nSPS) is 17.3. The van der Waals surface area contributed by atoms with Crippen LogP contribution in [0.4, 0.5) is 0 Å². The summed E-state index contributed by atoms with van der Waals surface area (Å²) in [6.07, 6.45) is 7.07. The predicted octanol–water partition coefficient (Wildman–Crippen LogP) is 3.28. The second-order valence-electron chi connectivity index (χ2n) is 5.09. The highest BCUT2D eigenvalue weighted by Gasteiger charge is 2.21. The molecule has 1 fully saturated rings. The summed E-state index contributed by atoms with van der Waals surface area (Å²) in [4.78, 5) is 0. The first-order valence-corrected chi connectivity index (χ1v) is 6.66. The molecule has 0 atom stereocenters. The Hall–Kier alpha value is -1.02. The smallest absolute Gasteiger partial charge is 0.118 e. The highest BCUT2D eigenvalue weighted by molar-refractivity contribution is 5.45. The van der Waals surface area contributed by atoms with Gasteiger partial charge < -0.3 is 10.2 Å². The summed E-state index contributed by atoms with van der Waals surface area (Å²) in [5.41, 5.74) is 3.54. The molecule has 0 aliphatic heterocycles. The van der Waals surface area contributed by atoms with Crippen LogP contribution in [0.25, 0.3) is 0 Å². The maximum absolute atomic E-state index is 9.86. The molecule has 0 unspecified atom stereocenters. The first-order chi connectivity index (χ1) is 8.24. The molecule has 0 amide bonds. The van der Waals surface area contributed by atoms with Crippen molar-refractivity contribution in [2.24, 2.45) is 0 Å². The minimum absolute atomic E-state index is 0.184. The van der Waals surface area contributed by atoms with Gasteiger partial charge in [-0.05, 0) is 54.9 Å². The number of rotatable bonds is 3. The molecule has 0 heterocycles. The fourth-order valence-corrected chi connectivity index (χ4v) is 3.07. The van der Waals surface area contributed by atoms with Crippen LogP contribution in [-0.2, 0) is 6.42 Å². The Labute approximate surface area is 103 Å². The van der Waals surface area contributed by atoms with Crippen molar-refractivity contribution in [3.8, 4) is 5.75 Å². The Morgan fingerprint density at radius 2 is 1.88 bits per heavy atom. The molecule has 1 aliphatic rings. The zero-order valence-electron chi connectivity index (χ0n) is 10.6. The Morgan fingerprint density at radius 3 is 2.53 bits per heavy atom. The molecule has 2 rings (SSSR count). The number of hydrogen-bond acceptors (Lipinski definition) is 2. The number of phenolic OH excluding ortho intramolecular Hbond substituents is 1. The topological polar surface area (TPSA) is 40.5 Å². The zero-order chi connectivity index (χ0) is 12.3. The highest BCUT2D eigenvalue weighted by atomic mass is 16.3. The van der Waals surface area contributed by atoms with Gasteiger partial charge in [0.25, 0.3) is 0 Å². The van der Waals surface area contributed by atoms with Crippen LogP contribution in [0.15, 0.2) is 12.1 Å². The third-order valence-corrected chi connectivity index (χ3v) is 3.97. The molecule has 0 radical (unpaired) electrons. The molecule has 1 aromatic rings. The molecule has 1 aliphatic carbocycles. The van der Waals surface area contributed by atoms with E-state index < -0.39 is 0 Å². The SMILES string of the molecule is Cc1c(O)ccc(CCO)c1C1CCCCC1. The van der Waals surface area contributed by atoms with Crippen LogP contribution in [0.5, 0.6) is 5.75 Å². The van der Waals surface area contributed by atoms with E-state index in [2.05, 4.69) is 0 Å². The van der Waals surface area contributed by atoms with Crippen molar-refractivity contribution in [3.05, 3.63) is 28.8 Å². The van der Waals surface area contributed by atoms with Crippen molar-refractivity contribution in [3.63, 3.8) is 0 Å². The molecule has 94 valence electrons. The van der Waals surface area contributed by atoms with E-state index in [0.717, 1.165) is 5.56 Å². The van der Waals surface area contributed by atoms with Gasteiger partial charge in [-0.2, -0.15) is 0 Å². The number of hydrogen-bond donors (Lipinski definition) is 2. The molecule has 2 N–H and O–H groups in total. The van der Waals surface area contributed by atoms with Crippen LogP contribution >= 0.6 is 0 Å². The van der Waals surface area contributed by atoms with Gasteiger partial charge in [-0.15, -0.1) is 0 Å². The Kier molecular flexibility index (Phi) is 4.06. The van der Waals surface area contributed by atoms with Crippen molar-refractivity contribution in [2.45, 2.75) is 51.4 Å². The zero-order valence-corrected chi connectivity index (χ0v) is 10.6. The molecular formula is C15H22O2. The minimum Gasteiger partial charge on any atom is -0.508 e. The van der Waals surface area contributed by atoms with Crippen LogP contribution in [0.2, 0.25) is 0 Å². The van der Waals surface area contributed by atoms with E-state index in [0.29, 0.717) is 18.1 Å². The van der Waals surface area contributed by atoms with Crippen molar-refractivity contribution < 1.29 is 10.2 Å². The molecule has 2 nitrogen and oxygen atoms in total. The number of aromatic hydroxyl groups is 1. The molecule has 0 bridgehead atoms. The molecular weight excluding hydrogens is 212 g/mol. The molecule has 1 aromatic carbocycles. The average molecular weight is 234 g/mol. The van der Waals surface area contributed by atoms with E-state index in [-0.39, 0.29) is 6.61 Å². The molecule has 0 saturated heterocycles. The average Bonchev–Trinajstić information content (AvgIpc) is 2.36. The van der Waals surface area contributed by atoms with E-state index >= 15 is 0 Å². The van der Waals surface area contributed by atoms with Crippen LogP contribution in [0, 0.1) is 6.92 Å². The van der Waals surface area contributed by atoms with E-state index in [1.54, 1.807) is 6.07 Å². The first-order valence-electron chi connectivity index (χ1n) is 6.66. The van der Waals surface area contributed by atoms with E-state index in [4.69, 9.17) is 5.11 Å². The van der Waals surface area contributed by atoms with Gasteiger partial charge >= 0.3 is 0 Å². The number of benzene rings is 1. The summed E-state index contributed by atoms with van der Waals surface area (Å²) in [7, 11) is 0. The van der Waals surface area contributed by atoms with Crippen LogP contribution < -0.4 is 0 Å². The number of aliphatic hydroxyl groups is 1. The lowest BCUT2D eigenvalue weighted by Gasteiger charge is -2.26. The Morgan fingerprint density at radius 1 is 1.18 bits per heavy atom. The van der Waals surface area contributed by atoms with Crippen molar-refractivity contribution in [2.75, 3.05) is 6.61 Å². The standard InChI is InChI=1S/C15H22O2/c1-11-14(17)8-7-13(9-10-16)15(11)12-5-3-2-4-6-12/h7-8,12,16-17H,2-6,9-10H2,1H3. The van der Waals surface area contributed by atoms with E-state index in [1.807, 2.05) is 13.0 Å². The van der Waals surface area contributed by atoms with Gasteiger partial charge in [0.05, 0.1) is 0 Å². The Bertz CT molecular complexity index is 379. The maximum Gasteiger partial charge on any atom is 0.118 e. The number of aliphatic hydroxyl groups excluding tert-OH is 1. The molecule has 0 aromatic heterocycles. The van der Waals surface area contributed by atoms with Gasteiger partial charge in [0.1, 0.15) is 5.75 Å². The van der Waals surface area contributed by atoms with Crippen LogP contribution in [-0.4, -0.2) is 16.8 Å². The van der Waals surface area contributed by atoms with Gasteiger partial charge in [-0.3, -0.25) is 0 Å². The van der Waals surface area contributed by atoms with E-state index in [9.17, 15) is 5.11 Å². The lowest BCUT2D eigenvalue weighted by atomic mass is 9.79. The minimum atomic E-state index is 0.184. The summed E-state index contributed by atoms with van der Waals surface area (Å²) in [5.74, 6) is 0.977. The second-order valence-corrected chi connectivity index (χ2v) is 5.09. The monoisotopic (exact) mass is 234 g/mol. The van der Waals surface area contributed by atoms with Crippen molar-refractivity contribution in [1.29, 1.82) is 0 Å². The summed E-state index contributed by atoms with van der Waals surface area (Å²) in [5, 5.41) is 19.0. The summed E-state index contributed by atoms with van der Waals surface area (Å²) in [6, 6.07) is 3.73. The summed E-state index contributed by atoms with van der Waals surface area (Å²) < 4.78 is 0. The van der Waals surface area contributed by atoms with Crippen LogP contribution in [0.3, 0.4) is 0 Å². The van der Waals surface area contributed by atoms with Gasteiger partial charge in [0.2, 0.25) is 0 Å². The van der Waals surface area contributed by atoms with Gasteiger partial charge in [0.15, 0.2) is 0 Å². The fourth-order valence-electron chi connectivity index (χ4n) is 3.07.